The maximum absolute atomic E-state index is 14.3. The van der Waals surface area contributed by atoms with Gasteiger partial charge >= 0.3 is 0 Å². The van der Waals surface area contributed by atoms with Gasteiger partial charge in [0, 0.05) is 0 Å². The van der Waals surface area contributed by atoms with E-state index in [4.69, 9.17) is 5.73 Å². The van der Waals surface area contributed by atoms with E-state index in [-0.39, 0.29) is 11.3 Å². The molecular weight excluding hydrogens is 341 g/mol. The van der Waals surface area contributed by atoms with E-state index in [1.165, 1.54) is 17.6 Å². The highest BCUT2D eigenvalue weighted by Crippen LogP contribution is 2.35. The van der Waals surface area contributed by atoms with Gasteiger partial charge in [-0.25, -0.2) is 4.39 Å². The number of nitrogens with one attached hydrogen (secondary N) is 2. The predicted octanol–water partition coefficient (Wildman–Crippen LogP) is 3.27. The van der Waals surface area contributed by atoms with Crippen molar-refractivity contribution in [3.05, 3.63) is 35.3 Å². The number of hydrogen-bond acceptors (Lipinski definition) is 6. The number of anilines is 3. The van der Waals surface area contributed by atoms with Crippen molar-refractivity contribution in [1.29, 1.82) is 5.26 Å². The molecule has 130 valence electrons. The van der Waals surface area contributed by atoms with Crippen molar-refractivity contribution >= 4 is 33.8 Å². The average molecular weight is 359 g/mol. The number of amides is 1. The third-order valence-electron chi connectivity index (χ3n) is 4.05. The van der Waals surface area contributed by atoms with E-state index in [9.17, 15) is 14.4 Å². The summed E-state index contributed by atoms with van der Waals surface area (Å²) in [7, 11) is 0. The molecule has 1 aromatic heterocycles. The summed E-state index contributed by atoms with van der Waals surface area (Å²) in [4.78, 5) is 11.6. The van der Waals surface area contributed by atoms with Gasteiger partial charge < -0.3 is 16.4 Å². The Hall–Kier alpha value is -2.66. The molecular formula is C17H18FN5OS. The number of halogens is 1. The van der Waals surface area contributed by atoms with Gasteiger partial charge in [-0.15, -0.1) is 0 Å². The fourth-order valence-electron chi connectivity index (χ4n) is 2.56. The summed E-state index contributed by atoms with van der Waals surface area (Å²) in [5.74, 6) is -0.642. The first-order chi connectivity index (χ1) is 12.0. The first-order valence-corrected chi connectivity index (χ1v) is 8.73. The van der Waals surface area contributed by atoms with Crippen molar-refractivity contribution in [2.75, 3.05) is 10.6 Å². The topological polar surface area (TPSA) is 104 Å². The molecule has 0 spiro atoms. The molecule has 1 atom stereocenters. The summed E-state index contributed by atoms with van der Waals surface area (Å²) in [6, 6.07) is 5.81. The van der Waals surface area contributed by atoms with Crippen LogP contribution in [0, 0.1) is 30.0 Å². The summed E-state index contributed by atoms with van der Waals surface area (Å²) >= 11 is 1.25. The number of hydrogen-bond donors (Lipinski definition) is 3. The molecule has 8 heteroatoms. The quantitative estimate of drug-likeness (QED) is 0.704. The number of carbonyl (C=O) groups is 1. The van der Waals surface area contributed by atoms with Crippen LogP contribution in [-0.4, -0.2) is 16.3 Å². The van der Waals surface area contributed by atoms with Gasteiger partial charge in [-0.3, -0.25) is 4.79 Å². The molecule has 0 radical (unpaired) electrons. The van der Waals surface area contributed by atoms with E-state index in [0.29, 0.717) is 18.0 Å². The highest BCUT2D eigenvalue weighted by molar-refractivity contribution is 7.10. The lowest BCUT2D eigenvalue weighted by Crippen LogP contribution is -2.36. The van der Waals surface area contributed by atoms with Gasteiger partial charge in [0.05, 0.1) is 22.6 Å². The number of nitrogens with zero attached hydrogens (tertiary/aromatic N) is 2. The van der Waals surface area contributed by atoms with Crippen LogP contribution < -0.4 is 16.4 Å². The van der Waals surface area contributed by atoms with Gasteiger partial charge in [0.15, 0.2) is 0 Å². The fraction of sp³-hybridized carbons (Fsp3) is 0.353. The molecule has 0 bridgehead atoms. The maximum Gasteiger partial charge on any atom is 0.239 e. The number of primary amides is 1. The maximum atomic E-state index is 14.3. The number of nitrogens with two attached hydrogens (primary N) is 1. The van der Waals surface area contributed by atoms with E-state index in [1.54, 1.807) is 0 Å². The van der Waals surface area contributed by atoms with Gasteiger partial charge in [0.1, 0.15) is 22.9 Å². The zero-order chi connectivity index (χ0) is 18.0. The van der Waals surface area contributed by atoms with Crippen LogP contribution in [0.2, 0.25) is 0 Å². The van der Waals surface area contributed by atoms with Crippen LogP contribution in [0.25, 0.3) is 0 Å². The normalized spacial score (nSPS) is 14.6. The molecule has 0 aliphatic heterocycles. The number of aromatic nitrogens is 1. The highest BCUT2D eigenvalue weighted by atomic mass is 32.1. The summed E-state index contributed by atoms with van der Waals surface area (Å²) in [6.07, 6.45) is 2.73. The van der Waals surface area contributed by atoms with Crippen molar-refractivity contribution in [2.24, 2.45) is 11.7 Å². The third kappa shape index (κ3) is 4.25. The zero-order valence-corrected chi connectivity index (χ0v) is 14.5. The lowest BCUT2D eigenvalue weighted by atomic mass is 10.1. The van der Waals surface area contributed by atoms with E-state index in [1.807, 2.05) is 19.1 Å². The summed E-state index contributed by atoms with van der Waals surface area (Å²) in [5.41, 5.74) is 7.05. The van der Waals surface area contributed by atoms with Gasteiger partial charge in [-0.05, 0) is 49.0 Å². The van der Waals surface area contributed by atoms with Crippen LogP contribution in [-0.2, 0) is 4.79 Å². The van der Waals surface area contributed by atoms with Crippen LogP contribution in [0.3, 0.4) is 0 Å². The smallest absolute Gasteiger partial charge is 0.239 e. The van der Waals surface area contributed by atoms with E-state index < -0.39 is 17.8 Å². The molecule has 1 amide bonds. The second kappa shape index (κ2) is 7.07. The fourth-order valence-corrected chi connectivity index (χ4v) is 3.23. The minimum absolute atomic E-state index is 0.146. The van der Waals surface area contributed by atoms with Gasteiger partial charge in [-0.2, -0.15) is 9.64 Å². The molecule has 0 saturated heterocycles. The van der Waals surface area contributed by atoms with E-state index in [2.05, 4.69) is 15.0 Å². The van der Waals surface area contributed by atoms with Crippen LogP contribution in [0.15, 0.2) is 18.2 Å². The number of carbonyl (C=O) groups excluding carboxylic acids is 1. The number of nitriles is 1. The minimum Gasteiger partial charge on any atom is -0.371 e. The molecule has 25 heavy (non-hydrogen) atoms. The SMILES string of the molecule is Cc1cc(Nc2cc(NC(CC3CC3)C(N)=O)c(F)cc2C#N)sn1. The Balaban J connectivity index is 1.86. The zero-order valence-electron chi connectivity index (χ0n) is 13.7. The second-order valence-corrected chi connectivity index (χ2v) is 7.03. The number of rotatable bonds is 7. The molecule has 6 nitrogen and oxygen atoms in total. The molecule has 1 heterocycles. The molecule has 1 fully saturated rings. The van der Waals surface area contributed by atoms with Crippen molar-refractivity contribution in [2.45, 2.75) is 32.2 Å². The molecule has 1 saturated carbocycles. The molecule has 1 aromatic carbocycles. The summed E-state index contributed by atoms with van der Waals surface area (Å²) in [5, 5.41) is 16.0. The highest BCUT2D eigenvalue weighted by Gasteiger charge is 2.28. The lowest BCUT2D eigenvalue weighted by Gasteiger charge is -2.18. The van der Waals surface area contributed by atoms with Crippen LogP contribution in [0.4, 0.5) is 20.8 Å². The van der Waals surface area contributed by atoms with Crippen molar-refractivity contribution in [3.8, 4) is 6.07 Å². The van der Waals surface area contributed by atoms with Gasteiger partial charge in [0.25, 0.3) is 0 Å². The van der Waals surface area contributed by atoms with Crippen molar-refractivity contribution in [3.63, 3.8) is 0 Å². The Morgan fingerprint density at radius 1 is 1.48 bits per heavy atom. The standard InChI is InChI=1S/C17H18FN5OS/c1-9-4-16(25-23-9)22-13-7-14(12(18)6-11(13)8-19)21-15(17(20)24)5-10-2-3-10/h4,6-7,10,15,21-22H,2-3,5H2,1H3,(H2,20,24). The van der Waals surface area contributed by atoms with E-state index >= 15 is 0 Å². The molecule has 2 aromatic rings. The Morgan fingerprint density at radius 2 is 2.24 bits per heavy atom. The molecule has 3 rings (SSSR count). The monoisotopic (exact) mass is 359 g/mol. The summed E-state index contributed by atoms with van der Waals surface area (Å²) in [6.45, 7) is 1.86. The first kappa shape index (κ1) is 17.2. The largest absolute Gasteiger partial charge is 0.371 e. The Labute approximate surface area is 149 Å². The minimum atomic E-state index is -0.631. The second-order valence-electron chi connectivity index (χ2n) is 6.23. The molecule has 1 aliphatic rings. The van der Waals surface area contributed by atoms with Gasteiger partial charge in [0.2, 0.25) is 5.91 Å². The Bertz CT molecular complexity index is 840. The van der Waals surface area contributed by atoms with E-state index in [0.717, 1.165) is 29.6 Å². The molecule has 1 aliphatic carbocycles. The first-order valence-electron chi connectivity index (χ1n) is 7.96. The Kier molecular flexibility index (Phi) is 4.86. The number of benzene rings is 1. The summed E-state index contributed by atoms with van der Waals surface area (Å²) < 4.78 is 18.5. The Morgan fingerprint density at radius 3 is 2.80 bits per heavy atom. The lowest BCUT2D eigenvalue weighted by molar-refractivity contribution is -0.118. The van der Waals surface area contributed by atoms with Crippen LogP contribution >= 0.6 is 11.5 Å². The van der Waals surface area contributed by atoms with Crippen molar-refractivity contribution in [1.82, 2.24) is 4.37 Å². The van der Waals surface area contributed by atoms with Crippen molar-refractivity contribution < 1.29 is 9.18 Å². The third-order valence-corrected chi connectivity index (χ3v) is 4.85. The predicted molar refractivity (Wildman–Crippen MR) is 95.2 cm³/mol. The molecule has 1 unspecified atom stereocenters. The van der Waals surface area contributed by atoms with Gasteiger partial charge in [-0.1, -0.05) is 12.8 Å². The van der Waals surface area contributed by atoms with Crippen LogP contribution in [0.1, 0.15) is 30.5 Å². The average Bonchev–Trinajstić information content (AvgIpc) is 3.29. The number of aryl methyl sites for hydroxylation is 1. The molecule has 4 N–H and O–H groups in total. The van der Waals surface area contributed by atoms with Crippen LogP contribution in [0.5, 0.6) is 0 Å².